The number of aromatic hydroxyl groups is 1. The topological polar surface area (TPSA) is 75.3 Å². The second-order valence-electron chi connectivity index (χ2n) is 5.29. The van der Waals surface area contributed by atoms with Crippen molar-refractivity contribution in [2.45, 2.75) is 26.7 Å². The van der Waals surface area contributed by atoms with Crippen molar-refractivity contribution in [3.8, 4) is 5.75 Å². The molecule has 0 heterocycles. The van der Waals surface area contributed by atoms with Gasteiger partial charge in [-0.05, 0) is 49.1 Å². The van der Waals surface area contributed by atoms with Gasteiger partial charge in [0.1, 0.15) is 5.75 Å². The van der Waals surface area contributed by atoms with Crippen LogP contribution in [0.3, 0.4) is 0 Å². The van der Waals surface area contributed by atoms with Crippen LogP contribution in [0.25, 0.3) is 0 Å². The number of carbonyl (C=O) groups is 1. The summed E-state index contributed by atoms with van der Waals surface area (Å²) in [6.45, 7) is 5.52. The highest BCUT2D eigenvalue weighted by Gasteiger charge is 2.18. The molecule has 0 aliphatic heterocycles. The molecule has 0 saturated heterocycles. The summed E-state index contributed by atoms with van der Waals surface area (Å²) in [7, 11) is 0. The monoisotopic (exact) mass is 250 g/mol. The van der Waals surface area contributed by atoms with Crippen molar-refractivity contribution in [3.63, 3.8) is 0 Å². The molecule has 0 unspecified atom stereocenters. The zero-order valence-corrected chi connectivity index (χ0v) is 11.1. The van der Waals surface area contributed by atoms with Gasteiger partial charge in [-0.3, -0.25) is 4.79 Å². The van der Waals surface area contributed by atoms with Crippen LogP contribution in [0.4, 0.5) is 0 Å². The lowest BCUT2D eigenvalue weighted by Crippen LogP contribution is -2.34. The van der Waals surface area contributed by atoms with Gasteiger partial charge < -0.3 is 16.2 Å². The fourth-order valence-electron chi connectivity index (χ4n) is 1.70. The van der Waals surface area contributed by atoms with E-state index in [0.29, 0.717) is 18.7 Å². The summed E-state index contributed by atoms with van der Waals surface area (Å²) in [6, 6.07) is 6.23. The van der Waals surface area contributed by atoms with E-state index in [1.54, 1.807) is 12.1 Å². The lowest BCUT2D eigenvalue weighted by molar-refractivity contribution is 0.0934. The van der Waals surface area contributed by atoms with Crippen molar-refractivity contribution in [1.82, 2.24) is 5.32 Å². The minimum Gasteiger partial charge on any atom is -0.508 e. The summed E-state index contributed by atoms with van der Waals surface area (Å²) >= 11 is 0. The summed E-state index contributed by atoms with van der Waals surface area (Å²) in [6.07, 6.45) is 1.95. The van der Waals surface area contributed by atoms with Crippen LogP contribution in [0.1, 0.15) is 37.0 Å². The maximum atomic E-state index is 11.9. The highest BCUT2D eigenvalue weighted by Crippen LogP contribution is 2.20. The molecule has 1 amide bonds. The van der Waals surface area contributed by atoms with Gasteiger partial charge in [0.2, 0.25) is 0 Å². The molecule has 1 aromatic carbocycles. The second-order valence-corrected chi connectivity index (χ2v) is 5.29. The molecule has 100 valence electrons. The highest BCUT2D eigenvalue weighted by atomic mass is 16.3. The molecule has 0 radical (unpaired) electrons. The van der Waals surface area contributed by atoms with E-state index < -0.39 is 0 Å². The molecule has 0 aromatic heterocycles. The predicted octanol–water partition coefficient (Wildman–Crippen LogP) is 1.89. The summed E-state index contributed by atoms with van der Waals surface area (Å²) < 4.78 is 0. The smallest absolute Gasteiger partial charge is 0.251 e. The third-order valence-corrected chi connectivity index (χ3v) is 2.91. The van der Waals surface area contributed by atoms with Crippen molar-refractivity contribution in [3.05, 3.63) is 29.8 Å². The number of benzene rings is 1. The SMILES string of the molecule is CC(C)(CCCN)CNC(=O)c1ccc(O)cc1. The van der Waals surface area contributed by atoms with Gasteiger partial charge >= 0.3 is 0 Å². The number of hydrogen-bond acceptors (Lipinski definition) is 3. The second kappa shape index (κ2) is 6.40. The van der Waals surface area contributed by atoms with E-state index in [1.165, 1.54) is 12.1 Å². The Hall–Kier alpha value is -1.55. The Labute approximate surface area is 108 Å². The number of amides is 1. The van der Waals surface area contributed by atoms with E-state index in [9.17, 15) is 4.79 Å². The van der Waals surface area contributed by atoms with E-state index in [2.05, 4.69) is 19.2 Å². The Morgan fingerprint density at radius 1 is 1.33 bits per heavy atom. The molecular formula is C14H22N2O2. The number of nitrogens with one attached hydrogen (secondary N) is 1. The van der Waals surface area contributed by atoms with Crippen LogP contribution in [0, 0.1) is 5.41 Å². The van der Waals surface area contributed by atoms with Crippen LogP contribution in [0.5, 0.6) is 5.75 Å². The number of rotatable bonds is 6. The Bertz CT molecular complexity index is 385. The molecule has 0 spiro atoms. The first-order chi connectivity index (χ1) is 8.44. The zero-order chi connectivity index (χ0) is 13.6. The fourth-order valence-corrected chi connectivity index (χ4v) is 1.70. The van der Waals surface area contributed by atoms with Gasteiger partial charge in [-0.2, -0.15) is 0 Å². The van der Waals surface area contributed by atoms with Crippen molar-refractivity contribution in [2.75, 3.05) is 13.1 Å². The Morgan fingerprint density at radius 2 is 1.94 bits per heavy atom. The lowest BCUT2D eigenvalue weighted by Gasteiger charge is -2.24. The maximum Gasteiger partial charge on any atom is 0.251 e. The fraction of sp³-hybridized carbons (Fsp3) is 0.500. The van der Waals surface area contributed by atoms with Gasteiger partial charge in [0.15, 0.2) is 0 Å². The molecule has 0 bridgehead atoms. The molecule has 0 aliphatic carbocycles. The molecule has 0 fully saturated rings. The van der Waals surface area contributed by atoms with Crippen LogP contribution in [0.15, 0.2) is 24.3 Å². The van der Waals surface area contributed by atoms with Crippen LogP contribution in [-0.4, -0.2) is 24.1 Å². The number of hydrogen-bond donors (Lipinski definition) is 3. The average molecular weight is 250 g/mol. The lowest BCUT2D eigenvalue weighted by atomic mass is 9.87. The third-order valence-electron chi connectivity index (χ3n) is 2.91. The average Bonchev–Trinajstić information content (AvgIpc) is 2.35. The van der Waals surface area contributed by atoms with Gasteiger partial charge in [0, 0.05) is 12.1 Å². The van der Waals surface area contributed by atoms with E-state index in [4.69, 9.17) is 10.8 Å². The highest BCUT2D eigenvalue weighted by molar-refractivity contribution is 5.94. The quantitative estimate of drug-likeness (QED) is 0.721. The summed E-state index contributed by atoms with van der Waals surface area (Å²) in [5, 5.41) is 12.1. The molecule has 4 nitrogen and oxygen atoms in total. The summed E-state index contributed by atoms with van der Waals surface area (Å²) in [5.41, 5.74) is 6.09. The summed E-state index contributed by atoms with van der Waals surface area (Å²) in [5.74, 6) is 0.0469. The van der Waals surface area contributed by atoms with Crippen LogP contribution in [-0.2, 0) is 0 Å². The van der Waals surface area contributed by atoms with E-state index in [0.717, 1.165) is 12.8 Å². The normalized spacial score (nSPS) is 11.3. The molecule has 4 N–H and O–H groups in total. The van der Waals surface area contributed by atoms with Gasteiger partial charge in [0.05, 0.1) is 0 Å². The van der Waals surface area contributed by atoms with Gasteiger partial charge in [-0.25, -0.2) is 0 Å². The van der Waals surface area contributed by atoms with Gasteiger partial charge in [-0.15, -0.1) is 0 Å². The van der Waals surface area contributed by atoms with E-state index in [-0.39, 0.29) is 17.1 Å². The maximum absolute atomic E-state index is 11.9. The Morgan fingerprint density at radius 3 is 2.50 bits per heavy atom. The molecule has 0 aliphatic rings. The standard InChI is InChI=1S/C14H22N2O2/c1-14(2,8-3-9-15)10-16-13(18)11-4-6-12(17)7-5-11/h4-7,17H,3,8-10,15H2,1-2H3,(H,16,18). The first-order valence-electron chi connectivity index (χ1n) is 6.22. The molecular weight excluding hydrogens is 228 g/mol. The van der Waals surface area contributed by atoms with Crippen molar-refractivity contribution >= 4 is 5.91 Å². The van der Waals surface area contributed by atoms with E-state index in [1.807, 2.05) is 0 Å². The molecule has 4 heteroatoms. The van der Waals surface area contributed by atoms with Gasteiger partial charge in [-0.1, -0.05) is 13.8 Å². The first-order valence-corrected chi connectivity index (χ1v) is 6.22. The van der Waals surface area contributed by atoms with Crippen molar-refractivity contribution in [2.24, 2.45) is 11.1 Å². The van der Waals surface area contributed by atoms with Crippen molar-refractivity contribution in [1.29, 1.82) is 0 Å². The van der Waals surface area contributed by atoms with Crippen LogP contribution < -0.4 is 11.1 Å². The van der Waals surface area contributed by atoms with Crippen LogP contribution in [0.2, 0.25) is 0 Å². The minimum atomic E-state index is -0.115. The first kappa shape index (κ1) is 14.5. The summed E-state index contributed by atoms with van der Waals surface area (Å²) in [4.78, 5) is 11.9. The largest absolute Gasteiger partial charge is 0.508 e. The van der Waals surface area contributed by atoms with Crippen molar-refractivity contribution < 1.29 is 9.90 Å². The molecule has 0 saturated carbocycles. The molecule has 18 heavy (non-hydrogen) atoms. The number of carbonyl (C=O) groups excluding carboxylic acids is 1. The number of phenolic OH excluding ortho intramolecular Hbond substituents is 1. The minimum absolute atomic E-state index is 0.0476. The third kappa shape index (κ3) is 4.75. The predicted molar refractivity (Wildman–Crippen MR) is 72.5 cm³/mol. The van der Waals surface area contributed by atoms with Gasteiger partial charge in [0.25, 0.3) is 5.91 Å². The van der Waals surface area contributed by atoms with E-state index >= 15 is 0 Å². The zero-order valence-electron chi connectivity index (χ0n) is 11.1. The number of phenols is 1. The van der Waals surface area contributed by atoms with Crippen LogP contribution >= 0.6 is 0 Å². The molecule has 1 aromatic rings. The Balaban J connectivity index is 2.48. The molecule has 1 rings (SSSR count). The Kier molecular flexibility index (Phi) is 5.16. The number of nitrogens with two attached hydrogens (primary N) is 1. The molecule has 0 atom stereocenters.